The molecule has 0 aliphatic heterocycles. The van der Waals surface area contributed by atoms with Crippen LogP contribution in [0.2, 0.25) is 0 Å². The van der Waals surface area contributed by atoms with Crippen molar-refractivity contribution in [3.8, 4) is 0 Å². The molecule has 0 saturated heterocycles. The molecule has 0 aliphatic rings. The molecule has 0 fully saturated rings. The Morgan fingerprint density at radius 1 is 0.588 bits per heavy atom. The van der Waals surface area contributed by atoms with Crippen molar-refractivity contribution in [3.63, 3.8) is 0 Å². The number of nitrogens with one attached hydrogen (secondary N) is 1. The summed E-state index contributed by atoms with van der Waals surface area (Å²) in [4.78, 5) is 25.9. The van der Waals surface area contributed by atoms with Crippen molar-refractivity contribution in [1.29, 1.82) is 0 Å². The average Bonchev–Trinajstić information content (AvgIpc) is 3.12. The van der Waals surface area contributed by atoms with Crippen molar-refractivity contribution in [2.45, 2.75) is 232 Å². The zero-order chi connectivity index (χ0) is 37.5. The number of amides is 1. The summed E-state index contributed by atoms with van der Waals surface area (Å²) in [5.74, 6) is -0.508. The van der Waals surface area contributed by atoms with E-state index < -0.39 is 18.2 Å². The number of carbonyl (C=O) groups excluding carboxylic acids is 2. The van der Waals surface area contributed by atoms with Gasteiger partial charge in [0.2, 0.25) is 5.91 Å². The summed E-state index contributed by atoms with van der Waals surface area (Å²) in [5.41, 5.74) is 0. The Hall–Kier alpha value is -1.92. The molecule has 3 atom stereocenters. The summed E-state index contributed by atoms with van der Waals surface area (Å²) < 4.78 is 5.87. The molecule has 298 valence electrons. The van der Waals surface area contributed by atoms with Crippen LogP contribution in [0, 0.1) is 0 Å². The second-order valence-corrected chi connectivity index (χ2v) is 14.8. The highest BCUT2D eigenvalue weighted by atomic mass is 16.5. The summed E-state index contributed by atoms with van der Waals surface area (Å²) in [6.45, 7) is 6.30. The van der Waals surface area contributed by atoms with Crippen LogP contribution in [0.15, 0.2) is 36.5 Å². The zero-order valence-corrected chi connectivity index (χ0v) is 33.7. The maximum absolute atomic E-state index is 13.1. The van der Waals surface area contributed by atoms with Gasteiger partial charge in [-0.1, -0.05) is 192 Å². The lowest BCUT2D eigenvalue weighted by Gasteiger charge is -2.24. The van der Waals surface area contributed by atoms with Gasteiger partial charge in [0.1, 0.15) is 6.10 Å². The van der Waals surface area contributed by atoms with E-state index in [4.69, 9.17) is 4.74 Å². The van der Waals surface area contributed by atoms with Gasteiger partial charge < -0.3 is 20.3 Å². The third kappa shape index (κ3) is 34.9. The minimum absolute atomic E-state index is 0.0570. The first kappa shape index (κ1) is 49.1. The molecule has 3 N–H and O–H groups in total. The van der Waals surface area contributed by atoms with Crippen molar-refractivity contribution in [3.05, 3.63) is 36.5 Å². The molecule has 0 bridgehead atoms. The van der Waals surface area contributed by atoms with Crippen LogP contribution in [0.5, 0.6) is 0 Å². The number of esters is 1. The highest BCUT2D eigenvalue weighted by Gasteiger charge is 2.24. The van der Waals surface area contributed by atoms with E-state index in [9.17, 15) is 19.8 Å². The molecule has 3 unspecified atom stereocenters. The van der Waals surface area contributed by atoms with E-state index >= 15 is 0 Å². The minimum Gasteiger partial charge on any atom is -0.462 e. The fourth-order valence-corrected chi connectivity index (χ4v) is 6.49. The van der Waals surface area contributed by atoms with E-state index in [0.717, 1.165) is 70.6 Å². The predicted molar refractivity (Wildman–Crippen MR) is 218 cm³/mol. The largest absolute Gasteiger partial charge is 0.462 e. The van der Waals surface area contributed by atoms with Crippen molar-refractivity contribution in [1.82, 2.24) is 5.32 Å². The van der Waals surface area contributed by atoms with E-state index in [-0.39, 0.29) is 24.9 Å². The lowest BCUT2D eigenvalue weighted by atomic mass is 10.0. The lowest BCUT2D eigenvalue weighted by Crippen LogP contribution is -2.46. The van der Waals surface area contributed by atoms with Crippen LogP contribution in [0.4, 0.5) is 0 Å². The van der Waals surface area contributed by atoms with E-state index in [2.05, 4.69) is 50.4 Å². The van der Waals surface area contributed by atoms with E-state index in [1.807, 2.05) is 12.2 Å². The summed E-state index contributed by atoms with van der Waals surface area (Å²) in [5, 5.41) is 23.5. The third-order valence-electron chi connectivity index (χ3n) is 9.79. The lowest BCUT2D eigenvalue weighted by molar-refractivity contribution is -0.151. The van der Waals surface area contributed by atoms with Gasteiger partial charge in [0, 0.05) is 6.42 Å². The normalized spacial score (nSPS) is 13.7. The van der Waals surface area contributed by atoms with E-state index in [1.165, 1.54) is 96.3 Å². The second kappa shape index (κ2) is 39.3. The van der Waals surface area contributed by atoms with Crippen LogP contribution in [0.3, 0.4) is 0 Å². The number of unbranched alkanes of at least 4 members (excludes halogenated alkanes) is 22. The Kier molecular flexibility index (Phi) is 37.8. The van der Waals surface area contributed by atoms with Gasteiger partial charge in [-0.05, 0) is 44.9 Å². The van der Waals surface area contributed by atoms with Crippen molar-refractivity contribution >= 4 is 11.9 Å². The highest BCUT2D eigenvalue weighted by Crippen LogP contribution is 2.17. The van der Waals surface area contributed by atoms with Gasteiger partial charge in [0.15, 0.2) is 0 Å². The minimum atomic E-state index is -0.791. The molecule has 0 aromatic carbocycles. The zero-order valence-electron chi connectivity index (χ0n) is 33.7. The molecule has 0 heterocycles. The van der Waals surface area contributed by atoms with Crippen LogP contribution in [0.25, 0.3) is 0 Å². The van der Waals surface area contributed by atoms with Gasteiger partial charge in [0.25, 0.3) is 0 Å². The molecule has 0 aromatic rings. The molecular formula is C45H83NO5. The average molecular weight is 718 g/mol. The SMILES string of the molecule is CC/C=C/C=C/C=C\CCCCCC(CC(=O)NC(CO)C(O)CCCCCCCCCCC)OC(=O)CCCCCCCCCCCCCC. The van der Waals surface area contributed by atoms with Crippen LogP contribution in [0.1, 0.15) is 213 Å². The molecule has 0 spiro atoms. The van der Waals surface area contributed by atoms with Crippen LogP contribution < -0.4 is 5.32 Å². The predicted octanol–water partition coefficient (Wildman–Crippen LogP) is 12.2. The van der Waals surface area contributed by atoms with Gasteiger partial charge in [-0.25, -0.2) is 0 Å². The van der Waals surface area contributed by atoms with Gasteiger partial charge in [-0.2, -0.15) is 0 Å². The first-order chi connectivity index (χ1) is 25.0. The number of hydrogen-bond donors (Lipinski definition) is 3. The Morgan fingerprint density at radius 2 is 1.06 bits per heavy atom. The van der Waals surface area contributed by atoms with Gasteiger partial charge in [0.05, 0.1) is 25.2 Å². The molecule has 1 amide bonds. The van der Waals surface area contributed by atoms with Crippen molar-refractivity contribution in [2.24, 2.45) is 0 Å². The van der Waals surface area contributed by atoms with Gasteiger partial charge >= 0.3 is 5.97 Å². The number of aliphatic hydroxyl groups excluding tert-OH is 2. The molecule has 6 nitrogen and oxygen atoms in total. The maximum atomic E-state index is 13.1. The molecular weight excluding hydrogens is 634 g/mol. The van der Waals surface area contributed by atoms with Crippen LogP contribution in [-0.2, 0) is 14.3 Å². The molecule has 51 heavy (non-hydrogen) atoms. The number of carbonyl (C=O) groups is 2. The van der Waals surface area contributed by atoms with Crippen LogP contribution >= 0.6 is 0 Å². The standard InChI is InChI=1S/C45H83NO5/c1-4-7-10-13-16-19-21-23-26-29-32-35-38-45(50)51-41(36-33-30-27-25-22-20-17-14-11-8-5-2)39-44(49)46-42(40-47)43(48)37-34-31-28-24-18-15-12-9-6-3/h8,11,14,17,20,22,41-43,47-48H,4-7,9-10,12-13,15-16,18-19,21,23-40H2,1-3H3,(H,46,49)/b11-8+,17-14+,22-20-. The fourth-order valence-electron chi connectivity index (χ4n) is 6.49. The third-order valence-corrected chi connectivity index (χ3v) is 9.79. The Morgan fingerprint density at radius 3 is 1.59 bits per heavy atom. The summed E-state index contributed by atoms with van der Waals surface area (Å²) in [6.07, 6.45) is 43.5. The topological polar surface area (TPSA) is 95.9 Å². The maximum Gasteiger partial charge on any atom is 0.306 e. The molecule has 0 aliphatic carbocycles. The van der Waals surface area contributed by atoms with Crippen molar-refractivity contribution in [2.75, 3.05) is 6.61 Å². The Labute approximate surface area is 315 Å². The van der Waals surface area contributed by atoms with Crippen LogP contribution in [-0.4, -0.2) is 46.9 Å². The molecule has 0 rings (SSSR count). The number of hydrogen-bond acceptors (Lipinski definition) is 5. The summed E-state index contributed by atoms with van der Waals surface area (Å²) in [7, 11) is 0. The number of rotatable bonds is 38. The first-order valence-corrected chi connectivity index (χ1v) is 21.7. The monoisotopic (exact) mass is 718 g/mol. The smallest absolute Gasteiger partial charge is 0.306 e. The first-order valence-electron chi connectivity index (χ1n) is 21.7. The quantitative estimate of drug-likeness (QED) is 0.0336. The number of allylic oxidation sites excluding steroid dienone is 6. The molecule has 0 aromatic heterocycles. The molecule has 0 saturated carbocycles. The van der Waals surface area contributed by atoms with Crippen molar-refractivity contribution < 1.29 is 24.5 Å². The second-order valence-electron chi connectivity index (χ2n) is 14.8. The fraction of sp³-hybridized carbons (Fsp3) is 0.822. The highest BCUT2D eigenvalue weighted by molar-refractivity contribution is 5.77. The van der Waals surface area contributed by atoms with Gasteiger partial charge in [-0.15, -0.1) is 0 Å². The Bertz CT molecular complexity index is 854. The van der Waals surface area contributed by atoms with E-state index in [1.54, 1.807) is 0 Å². The summed E-state index contributed by atoms with van der Waals surface area (Å²) >= 11 is 0. The molecule has 6 heteroatoms. The number of aliphatic hydroxyl groups is 2. The Balaban J connectivity index is 4.64. The molecule has 0 radical (unpaired) electrons. The van der Waals surface area contributed by atoms with Gasteiger partial charge in [-0.3, -0.25) is 9.59 Å². The number of ether oxygens (including phenoxy) is 1. The summed E-state index contributed by atoms with van der Waals surface area (Å²) in [6, 6.07) is -0.706. The van der Waals surface area contributed by atoms with E-state index in [0.29, 0.717) is 19.3 Å².